The zero-order chi connectivity index (χ0) is 12.8. The average molecular weight is 256 g/mol. The van der Waals surface area contributed by atoms with E-state index in [-0.39, 0.29) is 0 Å². The van der Waals surface area contributed by atoms with E-state index in [2.05, 4.69) is 6.92 Å². The largest absolute Gasteiger partial charge is 0.399 e. The van der Waals surface area contributed by atoms with Crippen molar-refractivity contribution in [3.05, 3.63) is 23.8 Å². The number of benzene rings is 1. The van der Waals surface area contributed by atoms with E-state index in [1.165, 1.54) is 0 Å². The van der Waals surface area contributed by atoms with Gasteiger partial charge in [0.2, 0.25) is 0 Å². The van der Waals surface area contributed by atoms with Crippen molar-refractivity contribution in [2.45, 2.75) is 19.8 Å². The highest BCUT2D eigenvalue weighted by Gasteiger charge is 2.16. The Bertz CT molecular complexity index is 360. The van der Waals surface area contributed by atoms with Crippen LogP contribution >= 0.6 is 8.38 Å². The number of rotatable bonds is 6. The van der Waals surface area contributed by atoms with E-state index in [4.69, 9.17) is 20.5 Å². The Morgan fingerprint density at radius 1 is 1.35 bits per heavy atom. The zero-order valence-electron chi connectivity index (χ0n) is 10.6. The van der Waals surface area contributed by atoms with E-state index >= 15 is 0 Å². The molecule has 0 amide bonds. The van der Waals surface area contributed by atoms with Gasteiger partial charge < -0.3 is 20.5 Å². The Morgan fingerprint density at radius 3 is 2.59 bits per heavy atom. The molecule has 1 rings (SSSR count). The van der Waals surface area contributed by atoms with Gasteiger partial charge in [0, 0.05) is 24.6 Å². The van der Waals surface area contributed by atoms with Crippen LogP contribution in [0.2, 0.25) is 0 Å². The molecule has 17 heavy (non-hydrogen) atoms. The van der Waals surface area contributed by atoms with Gasteiger partial charge in [0.15, 0.2) is 8.38 Å². The maximum atomic E-state index is 5.96. The van der Waals surface area contributed by atoms with Crippen LogP contribution in [-0.4, -0.2) is 19.9 Å². The highest BCUT2D eigenvalue weighted by Crippen LogP contribution is 2.42. The van der Waals surface area contributed by atoms with Gasteiger partial charge in [-0.1, -0.05) is 13.0 Å². The second-order valence-electron chi connectivity index (χ2n) is 3.91. The molecule has 0 aliphatic rings. The van der Waals surface area contributed by atoms with Gasteiger partial charge in [-0.2, -0.15) is 0 Å². The standard InChI is InChI=1S/C12H21N2O2P/c1-4-16-17(15-3)8-9(2)11-6-5-10(13)7-12(11)14/h5-7,9H,4,8,13-14H2,1-3H3. The quantitative estimate of drug-likeness (QED) is 0.606. The molecule has 0 heterocycles. The van der Waals surface area contributed by atoms with Crippen molar-refractivity contribution >= 4 is 19.8 Å². The Hall–Kier alpha value is -0.830. The minimum atomic E-state index is -0.828. The smallest absolute Gasteiger partial charge is 0.170 e. The lowest BCUT2D eigenvalue weighted by Crippen LogP contribution is -2.05. The molecule has 0 saturated carbocycles. The van der Waals surface area contributed by atoms with Gasteiger partial charge in [-0.15, -0.1) is 0 Å². The molecule has 5 heteroatoms. The average Bonchev–Trinajstić information content (AvgIpc) is 2.28. The zero-order valence-corrected chi connectivity index (χ0v) is 11.5. The van der Waals surface area contributed by atoms with Gasteiger partial charge in [-0.3, -0.25) is 0 Å². The van der Waals surface area contributed by atoms with E-state index in [1.54, 1.807) is 13.2 Å². The summed E-state index contributed by atoms with van der Waals surface area (Å²) in [5, 5.41) is 0. The fourth-order valence-corrected chi connectivity index (χ4v) is 2.98. The monoisotopic (exact) mass is 256 g/mol. The molecular formula is C12H21N2O2P. The van der Waals surface area contributed by atoms with Crippen LogP contribution in [0.3, 0.4) is 0 Å². The van der Waals surface area contributed by atoms with Crippen molar-refractivity contribution in [3.63, 3.8) is 0 Å². The van der Waals surface area contributed by atoms with Crippen LogP contribution in [0.5, 0.6) is 0 Å². The summed E-state index contributed by atoms with van der Waals surface area (Å²) >= 11 is 0. The molecule has 2 unspecified atom stereocenters. The van der Waals surface area contributed by atoms with Gasteiger partial charge in [0.25, 0.3) is 0 Å². The predicted molar refractivity (Wildman–Crippen MR) is 74.1 cm³/mol. The third kappa shape index (κ3) is 4.15. The van der Waals surface area contributed by atoms with Gasteiger partial charge in [-0.25, -0.2) is 0 Å². The van der Waals surface area contributed by atoms with Crippen LogP contribution in [0.4, 0.5) is 11.4 Å². The Labute approximate surface area is 104 Å². The molecule has 0 aliphatic carbocycles. The molecule has 0 fully saturated rings. The second-order valence-corrected chi connectivity index (χ2v) is 5.56. The summed E-state index contributed by atoms with van der Waals surface area (Å²) in [5.74, 6) is 0.299. The maximum absolute atomic E-state index is 5.96. The van der Waals surface area contributed by atoms with Crippen LogP contribution in [0.1, 0.15) is 25.3 Å². The lowest BCUT2D eigenvalue weighted by molar-refractivity contribution is 0.297. The number of hydrogen-bond donors (Lipinski definition) is 2. The minimum Gasteiger partial charge on any atom is -0.399 e. The lowest BCUT2D eigenvalue weighted by atomic mass is 10.0. The normalized spacial score (nSPS) is 14.5. The Balaban J connectivity index is 2.71. The van der Waals surface area contributed by atoms with Crippen molar-refractivity contribution in [2.24, 2.45) is 0 Å². The van der Waals surface area contributed by atoms with Crippen molar-refractivity contribution in [3.8, 4) is 0 Å². The van der Waals surface area contributed by atoms with E-state index in [0.29, 0.717) is 18.2 Å². The van der Waals surface area contributed by atoms with E-state index < -0.39 is 8.38 Å². The first-order valence-corrected chi connectivity index (χ1v) is 7.04. The highest BCUT2D eigenvalue weighted by atomic mass is 31.2. The van der Waals surface area contributed by atoms with Gasteiger partial charge in [-0.05, 0) is 30.5 Å². The molecule has 4 nitrogen and oxygen atoms in total. The van der Waals surface area contributed by atoms with Crippen molar-refractivity contribution in [1.29, 1.82) is 0 Å². The molecule has 4 N–H and O–H groups in total. The second kappa shape index (κ2) is 6.80. The molecule has 0 saturated heterocycles. The van der Waals surface area contributed by atoms with Crippen LogP contribution in [0, 0.1) is 0 Å². The number of hydrogen-bond acceptors (Lipinski definition) is 4. The third-order valence-electron chi connectivity index (χ3n) is 2.54. The number of nitrogens with two attached hydrogens (primary N) is 2. The van der Waals surface area contributed by atoms with Crippen LogP contribution in [0.25, 0.3) is 0 Å². The maximum Gasteiger partial charge on any atom is 0.170 e. The van der Waals surface area contributed by atoms with E-state index in [1.807, 2.05) is 19.1 Å². The molecule has 1 aromatic rings. The molecule has 0 radical (unpaired) electrons. The van der Waals surface area contributed by atoms with Gasteiger partial charge >= 0.3 is 0 Å². The molecule has 0 aliphatic heterocycles. The molecule has 1 aromatic carbocycles. The fraction of sp³-hybridized carbons (Fsp3) is 0.500. The van der Waals surface area contributed by atoms with E-state index in [9.17, 15) is 0 Å². The van der Waals surface area contributed by atoms with E-state index in [0.717, 1.165) is 17.4 Å². The first kappa shape index (κ1) is 14.2. The van der Waals surface area contributed by atoms with Crippen molar-refractivity contribution in [1.82, 2.24) is 0 Å². The predicted octanol–water partition coefficient (Wildman–Crippen LogP) is 2.95. The van der Waals surface area contributed by atoms with Crippen LogP contribution < -0.4 is 11.5 Å². The molecule has 0 aromatic heterocycles. The highest BCUT2D eigenvalue weighted by molar-refractivity contribution is 7.47. The molecule has 0 bridgehead atoms. The summed E-state index contributed by atoms with van der Waals surface area (Å²) in [6.07, 6.45) is 0.841. The third-order valence-corrected chi connectivity index (χ3v) is 4.34. The molecule has 2 atom stereocenters. The SMILES string of the molecule is CCOP(CC(C)c1ccc(N)cc1N)OC. The summed E-state index contributed by atoms with van der Waals surface area (Å²) < 4.78 is 10.8. The van der Waals surface area contributed by atoms with Gasteiger partial charge in [0.1, 0.15) is 0 Å². The summed E-state index contributed by atoms with van der Waals surface area (Å²) in [5.41, 5.74) is 14.2. The van der Waals surface area contributed by atoms with Crippen molar-refractivity contribution in [2.75, 3.05) is 31.3 Å². The topological polar surface area (TPSA) is 70.5 Å². The Morgan fingerprint density at radius 2 is 2.06 bits per heavy atom. The van der Waals surface area contributed by atoms with Crippen LogP contribution in [-0.2, 0) is 9.05 Å². The lowest BCUT2D eigenvalue weighted by Gasteiger charge is -2.20. The molecule has 0 spiro atoms. The van der Waals surface area contributed by atoms with Gasteiger partial charge in [0.05, 0.1) is 6.61 Å². The van der Waals surface area contributed by atoms with Crippen LogP contribution in [0.15, 0.2) is 18.2 Å². The fourth-order valence-electron chi connectivity index (χ4n) is 1.69. The first-order valence-electron chi connectivity index (χ1n) is 5.68. The number of nitrogen functional groups attached to an aromatic ring is 2. The Kier molecular flexibility index (Phi) is 5.69. The minimum absolute atomic E-state index is 0.299. The summed E-state index contributed by atoms with van der Waals surface area (Å²) in [6, 6.07) is 5.64. The van der Waals surface area contributed by atoms with Crippen molar-refractivity contribution < 1.29 is 9.05 Å². The summed E-state index contributed by atoms with van der Waals surface area (Å²) in [4.78, 5) is 0. The number of anilines is 2. The summed E-state index contributed by atoms with van der Waals surface area (Å²) in [7, 11) is 0.853. The summed E-state index contributed by atoms with van der Waals surface area (Å²) in [6.45, 7) is 4.76. The first-order chi connectivity index (χ1) is 8.08. The molecule has 96 valence electrons. The molecular weight excluding hydrogens is 235 g/mol.